The van der Waals surface area contributed by atoms with E-state index in [1.807, 2.05) is 13.8 Å². The number of fused-ring (bicyclic) bond motifs is 7. The van der Waals surface area contributed by atoms with Crippen molar-refractivity contribution in [2.45, 2.75) is 233 Å². The van der Waals surface area contributed by atoms with Crippen LogP contribution in [0.3, 0.4) is 0 Å². The van der Waals surface area contributed by atoms with Crippen LogP contribution in [0.1, 0.15) is 92.4 Å². The standard InChI is InChI=1S/C50H82O23/c1-20(19-65-43-38(60)36(58)33(55)28(16-51)68-43)8-13-49(63)22(3)50(64)31(73-49)15-27-25-7-6-23-14-24(9-11-47(23,4)26(25)10-12-48(27,50)5)67-46-42(72-44-39(61)35(57)32(54)21(2)66-44)40(62)41(30(18-53)70-46)71-45-37(59)34(56)29(17-52)69-45/h6,20-22,24-46,51-64H,7-19H2,1-5H3. The predicted octanol–water partition coefficient (Wildman–Crippen LogP) is -3.25. The molecule has 23 nitrogen and oxygen atoms in total. The minimum absolute atomic E-state index is 0.0827. The van der Waals surface area contributed by atoms with Gasteiger partial charge in [0.2, 0.25) is 0 Å². The number of ether oxygens (including phenoxy) is 9. The molecule has 3 saturated carbocycles. The number of aliphatic hydroxyl groups is 14. The molecule has 30 atom stereocenters. The summed E-state index contributed by atoms with van der Waals surface area (Å²) in [6, 6.07) is 0. The first-order valence-electron chi connectivity index (χ1n) is 26.4. The van der Waals surface area contributed by atoms with Crippen molar-refractivity contribution >= 4 is 0 Å². The fourth-order valence-electron chi connectivity index (χ4n) is 14.7. The zero-order valence-electron chi connectivity index (χ0n) is 42.2. The summed E-state index contributed by atoms with van der Waals surface area (Å²) in [7, 11) is 0. The monoisotopic (exact) mass is 1050 g/mol. The topological polar surface area (TPSA) is 366 Å². The molecule has 0 amide bonds. The molecule has 8 fully saturated rings. The lowest BCUT2D eigenvalue weighted by atomic mass is 9.46. The summed E-state index contributed by atoms with van der Waals surface area (Å²) >= 11 is 0. The molecule has 420 valence electrons. The third kappa shape index (κ3) is 9.61. The van der Waals surface area contributed by atoms with Gasteiger partial charge >= 0.3 is 0 Å². The summed E-state index contributed by atoms with van der Waals surface area (Å²) in [6.45, 7) is 7.84. The summed E-state index contributed by atoms with van der Waals surface area (Å²) in [6.07, 6.45) is -21.2. The fraction of sp³-hybridized carbons (Fsp3) is 0.960. The zero-order chi connectivity index (χ0) is 52.9. The number of rotatable bonds is 15. The molecule has 5 aliphatic heterocycles. The number of hydrogen-bond acceptors (Lipinski definition) is 23. The van der Waals surface area contributed by atoms with E-state index in [-0.39, 0.29) is 42.1 Å². The first-order chi connectivity index (χ1) is 34.5. The Balaban J connectivity index is 0.855. The molecular formula is C50H82O23. The lowest BCUT2D eigenvalue weighted by Crippen LogP contribution is -2.65. The van der Waals surface area contributed by atoms with Crippen molar-refractivity contribution in [1.29, 1.82) is 0 Å². The van der Waals surface area contributed by atoms with E-state index in [0.29, 0.717) is 32.1 Å². The Labute approximate surface area is 424 Å². The van der Waals surface area contributed by atoms with Crippen LogP contribution in [0.4, 0.5) is 0 Å². The van der Waals surface area contributed by atoms with Crippen LogP contribution < -0.4 is 0 Å². The summed E-state index contributed by atoms with van der Waals surface area (Å²) in [5.41, 5.74) is -0.909. The van der Waals surface area contributed by atoms with E-state index < -0.39 is 171 Å². The molecule has 0 radical (unpaired) electrons. The average molecular weight is 1050 g/mol. The second-order valence-electron chi connectivity index (χ2n) is 23.4. The van der Waals surface area contributed by atoms with Crippen LogP contribution in [0.5, 0.6) is 0 Å². The van der Waals surface area contributed by atoms with Crippen molar-refractivity contribution < 1.29 is 114 Å². The first-order valence-corrected chi connectivity index (χ1v) is 26.4. The van der Waals surface area contributed by atoms with Gasteiger partial charge in [0.25, 0.3) is 0 Å². The summed E-state index contributed by atoms with van der Waals surface area (Å²) in [5.74, 6) is -1.84. The highest BCUT2D eigenvalue weighted by Gasteiger charge is 2.75. The van der Waals surface area contributed by atoms with E-state index in [1.54, 1.807) is 0 Å². The smallest absolute Gasteiger partial charge is 0.187 e. The molecule has 5 heterocycles. The highest BCUT2D eigenvalue weighted by atomic mass is 16.8. The highest BCUT2D eigenvalue weighted by molar-refractivity contribution is 5.29. The maximum Gasteiger partial charge on any atom is 0.187 e. The third-order valence-corrected chi connectivity index (χ3v) is 19.4. The summed E-state index contributed by atoms with van der Waals surface area (Å²) < 4.78 is 54.0. The molecule has 14 N–H and O–H groups in total. The maximum absolute atomic E-state index is 12.9. The van der Waals surface area contributed by atoms with Crippen LogP contribution in [-0.2, 0) is 42.6 Å². The van der Waals surface area contributed by atoms with Crippen LogP contribution in [0.2, 0.25) is 0 Å². The van der Waals surface area contributed by atoms with Gasteiger partial charge in [-0.2, -0.15) is 0 Å². The van der Waals surface area contributed by atoms with E-state index in [0.717, 1.165) is 19.3 Å². The van der Waals surface area contributed by atoms with Crippen molar-refractivity contribution in [3.8, 4) is 0 Å². The lowest BCUT2D eigenvalue weighted by molar-refractivity contribution is -0.380. The summed E-state index contributed by atoms with van der Waals surface area (Å²) in [4.78, 5) is 0. The van der Waals surface area contributed by atoms with Gasteiger partial charge in [0.1, 0.15) is 91.1 Å². The minimum atomic E-state index is -1.76. The first kappa shape index (κ1) is 56.5. The number of hydrogen-bond donors (Lipinski definition) is 14. The fourth-order valence-corrected chi connectivity index (χ4v) is 14.7. The molecule has 0 bridgehead atoms. The third-order valence-electron chi connectivity index (χ3n) is 19.4. The van der Waals surface area contributed by atoms with Crippen LogP contribution in [0, 0.1) is 40.4 Å². The minimum Gasteiger partial charge on any atom is -0.394 e. The molecule has 23 heteroatoms. The van der Waals surface area contributed by atoms with Gasteiger partial charge in [0, 0.05) is 17.8 Å². The Kier molecular flexibility index (Phi) is 16.6. The van der Waals surface area contributed by atoms with Crippen molar-refractivity contribution in [2.24, 2.45) is 40.4 Å². The van der Waals surface area contributed by atoms with E-state index in [1.165, 1.54) is 12.5 Å². The average Bonchev–Trinajstić information content (AvgIpc) is 3.86. The normalized spacial score (nSPS) is 55.3. The molecule has 4 aliphatic carbocycles. The molecule has 73 heavy (non-hydrogen) atoms. The molecule has 0 spiro atoms. The van der Waals surface area contributed by atoms with Gasteiger partial charge in [0.05, 0.1) is 44.7 Å². The van der Waals surface area contributed by atoms with Gasteiger partial charge in [-0.1, -0.05) is 39.3 Å². The van der Waals surface area contributed by atoms with Crippen LogP contribution >= 0.6 is 0 Å². The van der Waals surface area contributed by atoms with Crippen LogP contribution in [-0.4, -0.2) is 238 Å². The van der Waals surface area contributed by atoms with Gasteiger partial charge in [0.15, 0.2) is 30.9 Å². The largest absolute Gasteiger partial charge is 0.394 e. The quantitative estimate of drug-likeness (QED) is 0.0716. The Morgan fingerprint density at radius 1 is 0.644 bits per heavy atom. The Bertz CT molecular complexity index is 1920. The summed E-state index contributed by atoms with van der Waals surface area (Å²) in [5, 5.41) is 150. The van der Waals surface area contributed by atoms with Gasteiger partial charge in [-0.05, 0) is 87.4 Å². The molecule has 5 saturated heterocycles. The van der Waals surface area contributed by atoms with Gasteiger partial charge in [-0.15, -0.1) is 0 Å². The van der Waals surface area contributed by atoms with Gasteiger partial charge in [-0.3, -0.25) is 0 Å². The second kappa shape index (κ2) is 21.5. The predicted molar refractivity (Wildman–Crippen MR) is 246 cm³/mol. The molecular weight excluding hydrogens is 969 g/mol. The van der Waals surface area contributed by atoms with Gasteiger partial charge in [-0.25, -0.2) is 0 Å². The molecule has 9 rings (SSSR count). The molecule has 9 aliphatic rings. The van der Waals surface area contributed by atoms with Crippen molar-refractivity contribution in [2.75, 3.05) is 26.4 Å². The second-order valence-corrected chi connectivity index (χ2v) is 23.4. The highest BCUT2D eigenvalue weighted by Crippen LogP contribution is 2.71. The van der Waals surface area contributed by atoms with E-state index in [2.05, 4.69) is 19.9 Å². The van der Waals surface area contributed by atoms with Crippen LogP contribution in [0.15, 0.2) is 11.6 Å². The SMILES string of the molecule is CC(CCC1(O)OC2CC3C4CC=C5CC(OC6OC(CO)C(OC7OC(CO)C(O)C7O)C(O)C6OC6OC(C)C(O)C(O)C6O)CCC5(C)C4CCC3(C)C2(O)C1C)COC1OC(CO)C(O)C(O)C1O. The maximum atomic E-state index is 12.9. The Morgan fingerprint density at radius 2 is 1.23 bits per heavy atom. The van der Waals surface area contributed by atoms with E-state index in [4.69, 9.17) is 42.6 Å². The van der Waals surface area contributed by atoms with Gasteiger partial charge < -0.3 is 114 Å². The molecule has 0 aromatic rings. The molecule has 0 aromatic heterocycles. The van der Waals surface area contributed by atoms with E-state index in [9.17, 15) is 71.5 Å². The van der Waals surface area contributed by atoms with E-state index >= 15 is 0 Å². The van der Waals surface area contributed by atoms with Crippen LogP contribution in [0.25, 0.3) is 0 Å². The Morgan fingerprint density at radius 3 is 1.92 bits per heavy atom. The van der Waals surface area contributed by atoms with Crippen molar-refractivity contribution in [3.63, 3.8) is 0 Å². The lowest BCUT2D eigenvalue weighted by Gasteiger charge is -2.59. The molecule has 0 aromatic carbocycles. The number of allylic oxidation sites excluding steroid dienone is 1. The Hall–Kier alpha value is -1.18. The molecule has 30 unspecified atom stereocenters. The number of aliphatic hydroxyl groups excluding tert-OH is 12. The van der Waals surface area contributed by atoms with Crippen molar-refractivity contribution in [1.82, 2.24) is 0 Å². The zero-order valence-corrected chi connectivity index (χ0v) is 42.2. The van der Waals surface area contributed by atoms with Crippen molar-refractivity contribution in [3.05, 3.63) is 11.6 Å².